The minimum atomic E-state index is -0.270. The molecule has 3 rings (SSSR count). The molecule has 1 heterocycles. The van der Waals surface area contributed by atoms with E-state index >= 15 is 0 Å². The van der Waals surface area contributed by atoms with Crippen LogP contribution in [0.2, 0.25) is 0 Å². The molecule has 1 atom stereocenters. The number of ether oxygens (including phenoxy) is 2. The lowest BCUT2D eigenvalue weighted by molar-refractivity contribution is 0.0824. The number of hydrogen-bond acceptors (Lipinski definition) is 6. The van der Waals surface area contributed by atoms with Crippen LogP contribution < -0.4 is 15.4 Å². The van der Waals surface area contributed by atoms with E-state index in [0.717, 1.165) is 34.7 Å². The van der Waals surface area contributed by atoms with Crippen LogP contribution in [0.1, 0.15) is 35.3 Å². The number of para-hydroxylation sites is 1. The zero-order chi connectivity index (χ0) is 23.3. The highest BCUT2D eigenvalue weighted by atomic mass is 16.5. The number of methoxy groups -OCH3 is 1. The van der Waals surface area contributed by atoms with Gasteiger partial charge in [0, 0.05) is 14.1 Å². The van der Waals surface area contributed by atoms with Gasteiger partial charge < -0.3 is 30.1 Å². The summed E-state index contributed by atoms with van der Waals surface area (Å²) in [6.45, 7) is 6.98. The Morgan fingerprint density at radius 3 is 2.69 bits per heavy atom. The van der Waals surface area contributed by atoms with Crippen LogP contribution in [-0.2, 0) is 4.74 Å². The predicted molar refractivity (Wildman–Crippen MR) is 126 cm³/mol. The Morgan fingerprint density at radius 1 is 1.25 bits per heavy atom. The molecule has 1 amide bonds. The monoisotopic (exact) mass is 437 g/mol. The molecule has 7 nitrogen and oxygen atoms in total. The Bertz CT molecular complexity index is 1030. The second kappa shape index (κ2) is 10.2. The van der Waals surface area contributed by atoms with E-state index in [0.29, 0.717) is 18.9 Å². The quantitative estimate of drug-likeness (QED) is 0.541. The van der Waals surface area contributed by atoms with Crippen molar-refractivity contribution in [1.82, 2.24) is 10.2 Å². The maximum atomic E-state index is 12.4. The summed E-state index contributed by atoms with van der Waals surface area (Å²) < 4.78 is 11.1. The zero-order valence-electron chi connectivity index (χ0n) is 19.1. The lowest BCUT2D eigenvalue weighted by atomic mass is 10.0. The van der Waals surface area contributed by atoms with Crippen molar-refractivity contribution in [2.24, 2.45) is 0 Å². The van der Waals surface area contributed by atoms with Gasteiger partial charge in [0.15, 0.2) is 5.75 Å². The number of benzene rings is 2. The van der Waals surface area contributed by atoms with Crippen molar-refractivity contribution < 1.29 is 19.4 Å². The second-order valence-electron chi connectivity index (χ2n) is 7.86. The lowest BCUT2D eigenvalue weighted by Crippen LogP contribution is -2.30. The number of hydrogen-bond donors (Lipinski definition) is 3. The number of carbonyl (C=O) groups is 1. The SMILES string of the molecule is C=C1COCC(NC(CC)c2cccc(OC)c2)=C1Nc1cccc(C(=O)N(C)C)c1O. The zero-order valence-corrected chi connectivity index (χ0v) is 19.1. The Labute approximate surface area is 189 Å². The summed E-state index contributed by atoms with van der Waals surface area (Å²) in [6, 6.07) is 13.0. The molecule has 7 heteroatoms. The van der Waals surface area contributed by atoms with Crippen LogP contribution in [-0.4, -0.2) is 50.3 Å². The number of carbonyl (C=O) groups excluding carboxylic acids is 1. The average molecular weight is 438 g/mol. The van der Waals surface area contributed by atoms with Gasteiger partial charge in [-0.3, -0.25) is 4.79 Å². The van der Waals surface area contributed by atoms with Crippen LogP contribution in [0.15, 0.2) is 66.0 Å². The Kier molecular flexibility index (Phi) is 7.43. The maximum Gasteiger partial charge on any atom is 0.257 e. The molecule has 0 bridgehead atoms. The van der Waals surface area contributed by atoms with Crippen molar-refractivity contribution >= 4 is 11.6 Å². The molecule has 0 aliphatic carbocycles. The van der Waals surface area contributed by atoms with Gasteiger partial charge in [-0.05, 0) is 41.8 Å². The van der Waals surface area contributed by atoms with E-state index in [1.54, 1.807) is 39.4 Å². The van der Waals surface area contributed by atoms with E-state index in [9.17, 15) is 9.90 Å². The minimum absolute atomic E-state index is 0.0293. The summed E-state index contributed by atoms with van der Waals surface area (Å²) in [5.41, 5.74) is 4.10. The molecule has 3 N–H and O–H groups in total. The number of nitrogens with zero attached hydrogens (tertiary/aromatic N) is 1. The molecular formula is C25H31N3O4. The molecule has 170 valence electrons. The summed E-state index contributed by atoms with van der Waals surface area (Å²) in [5.74, 6) is 0.428. The van der Waals surface area contributed by atoms with Gasteiger partial charge in [0.25, 0.3) is 5.91 Å². The second-order valence-corrected chi connectivity index (χ2v) is 7.86. The third-order valence-electron chi connectivity index (χ3n) is 5.36. The fraction of sp³-hybridized carbons (Fsp3) is 0.320. The molecule has 2 aromatic rings. The highest BCUT2D eigenvalue weighted by molar-refractivity contribution is 5.98. The molecule has 0 saturated carbocycles. The van der Waals surface area contributed by atoms with Crippen molar-refractivity contribution in [2.75, 3.05) is 39.7 Å². The van der Waals surface area contributed by atoms with E-state index in [-0.39, 0.29) is 23.3 Å². The standard InChI is InChI=1S/C25H31N3O4/c1-6-20(17-9-7-10-18(13-17)31-5)26-22-15-32-14-16(2)23(22)27-21-12-8-11-19(24(21)29)25(30)28(3)4/h7-13,20,26-27,29H,2,6,14-15H2,1,3-5H3. The lowest BCUT2D eigenvalue weighted by Gasteiger charge is -2.29. The van der Waals surface area contributed by atoms with Gasteiger partial charge in [0.2, 0.25) is 0 Å². The molecule has 1 aliphatic heterocycles. The van der Waals surface area contributed by atoms with E-state index in [1.165, 1.54) is 4.90 Å². The topological polar surface area (TPSA) is 83.1 Å². The van der Waals surface area contributed by atoms with Gasteiger partial charge in [-0.25, -0.2) is 0 Å². The number of anilines is 1. The van der Waals surface area contributed by atoms with Crippen molar-refractivity contribution in [3.05, 3.63) is 77.1 Å². The largest absolute Gasteiger partial charge is 0.505 e. The minimum Gasteiger partial charge on any atom is -0.505 e. The van der Waals surface area contributed by atoms with Gasteiger partial charge in [-0.2, -0.15) is 0 Å². The van der Waals surface area contributed by atoms with Gasteiger partial charge in [-0.15, -0.1) is 0 Å². The summed E-state index contributed by atoms with van der Waals surface area (Å²) in [7, 11) is 4.95. The third kappa shape index (κ3) is 5.06. The summed E-state index contributed by atoms with van der Waals surface area (Å²) in [6.07, 6.45) is 0.842. The van der Waals surface area contributed by atoms with E-state index < -0.39 is 0 Å². The number of phenolic OH excluding ortho intramolecular Hbond substituents is 1. The molecule has 2 aromatic carbocycles. The van der Waals surface area contributed by atoms with Crippen LogP contribution >= 0.6 is 0 Å². The number of nitrogens with one attached hydrogen (secondary N) is 2. The van der Waals surface area contributed by atoms with Crippen LogP contribution in [0.5, 0.6) is 11.5 Å². The number of amides is 1. The van der Waals surface area contributed by atoms with Crippen molar-refractivity contribution in [3.8, 4) is 11.5 Å². The smallest absolute Gasteiger partial charge is 0.257 e. The fourth-order valence-corrected chi connectivity index (χ4v) is 3.59. The fourth-order valence-electron chi connectivity index (χ4n) is 3.59. The molecule has 0 aromatic heterocycles. The van der Waals surface area contributed by atoms with Gasteiger partial charge in [0.1, 0.15) is 5.75 Å². The Morgan fingerprint density at radius 2 is 2.00 bits per heavy atom. The van der Waals surface area contributed by atoms with Crippen LogP contribution in [0, 0.1) is 0 Å². The summed E-state index contributed by atoms with van der Waals surface area (Å²) in [5, 5.41) is 17.6. The summed E-state index contributed by atoms with van der Waals surface area (Å²) in [4.78, 5) is 13.8. The van der Waals surface area contributed by atoms with Crippen LogP contribution in [0.4, 0.5) is 5.69 Å². The molecule has 0 spiro atoms. The molecule has 0 radical (unpaired) electrons. The van der Waals surface area contributed by atoms with Crippen LogP contribution in [0.3, 0.4) is 0 Å². The van der Waals surface area contributed by atoms with Crippen LogP contribution in [0.25, 0.3) is 0 Å². The summed E-state index contributed by atoms with van der Waals surface area (Å²) >= 11 is 0. The molecule has 0 saturated heterocycles. The van der Waals surface area contributed by atoms with Crippen molar-refractivity contribution in [1.29, 1.82) is 0 Å². The highest BCUT2D eigenvalue weighted by Gasteiger charge is 2.22. The van der Waals surface area contributed by atoms with Gasteiger partial charge >= 0.3 is 0 Å². The van der Waals surface area contributed by atoms with E-state index in [4.69, 9.17) is 9.47 Å². The normalized spacial score (nSPS) is 14.7. The first-order valence-electron chi connectivity index (χ1n) is 10.6. The first kappa shape index (κ1) is 23.2. The molecular weight excluding hydrogens is 406 g/mol. The number of rotatable bonds is 8. The van der Waals surface area contributed by atoms with E-state index in [1.807, 2.05) is 18.2 Å². The molecule has 1 unspecified atom stereocenters. The van der Waals surface area contributed by atoms with Gasteiger partial charge in [-0.1, -0.05) is 31.7 Å². The third-order valence-corrected chi connectivity index (χ3v) is 5.36. The average Bonchev–Trinajstić information content (AvgIpc) is 2.80. The molecule has 32 heavy (non-hydrogen) atoms. The Balaban J connectivity index is 1.94. The van der Waals surface area contributed by atoms with Gasteiger partial charge in [0.05, 0.1) is 49.0 Å². The number of phenols is 1. The predicted octanol–water partition coefficient (Wildman–Crippen LogP) is 4.05. The number of aromatic hydroxyl groups is 1. The first-order valence-corrected chi connectivity index (χ1v) is 10.6. The van der Waals surface area contributed by atoms with Crippen molar-refractivity contribution in [2.45, 2.75) is 19.4 Å². The van der Waals surface area contributed by atoms with E-state index in [2.05, 4.69) is 30.2 Å². The molecule has 0 fully saturated rings. The maximum absolute atomic E-state index is 12.4. The first-order chi connectivity index (χ1) is 15.3. The van der Waals surface area contributed by atoms with Crippen molar-refractivity contribution in [3.63, 3.8) is 0 Å². The Hall–Kier alpha value is -3.45. The highest BCUT2D eigenvalue weighted by Crippen LogP contribution is 2.32. The molecule has 1 aliphatic rings.